The molecule has 0 saturated heterocycles. The number of carbonyl (C=O) groups is 2. The summed E-state index contributed by atoms with van der Waals surface area (Å²) in [5.74, 6) is -2.46. The first-order valence-corrected chi connectivity index (χ1v) is 5.60. The summed E-state index contributed by atoms with van der Waals surface area (Å²) < 4.78 is 9.78. The average molecular weight is 252 g/mol. The molecule has 0 aliphatic carbocycles. The highest BCUT2D eigenvalue weighted by Gasteiger charge is 2.27. The maximum absolute atomic E-state index is 11.5. The molecule has 0 radical (unpaired) electrons. The van der Waals surface area contributed by atoms with E-state index in [1.807, 2.05) is 0 Å². The smallest absolute Gasteiger partial charge is 0.320 e. The first-order chi connectivity index (χ1) is 8.58. The van der Waals surface area contributed by atoms with E-state index >= 15 is 0 Å². The molecule has 1 rings (SSSR count). The third kappa shape index (κ3) is 3.76. The third-order valence-corrected chi connectivity index (χ3v) is 2.44. The largest absolute Gasteiger partial charge is 0.497 e. The van der Waals surface area contributed by atoms with Gasteiger partial charge in [0.2, 0.25) is 0 Å². The molecule has 98 valence electrons. The molecule has 0 bridgehead atoms. The van der Waals surface area contributed by atoms with E-state index in [4.69, 9.17) is 14.6 Å². The van der Waals surface area contributed by atoms with Crippen LogP contribution in [0.1, 0.15) is 12.5 Å². The second-order valence-electron chi connectivity index (χ2n) is 3.70. The van der Waals surface area contributed by atoms with Crippen LogP contribution in [0.2, 0.25) is 0 Å². The van der Waals surface area contributed by atoms with Crippen LogP contribution in [-0.4, -0.2) is 30.8 Å². The Morgan fingerprint density at radius 3 is 2.67 bits per heavy atom. The van der Waals surface area contributed by atoms with Gasteiger partial charge in [-0.3, -0.25) is 9.59 Å². The van der Waals surface area contributed by atoms with Crippen LogP contribution in [0.5, 0.6) is 5.75 Å². The maximum Gasteiger partial charge on any atom is 0.320 e. The monoisotopic (exact) mass is 252 g/mol. The molecule has 5 heteroatoms. The Morgan fingerprint density at radius 1 is 1.39 bits per heavy atom. The number of carboxylic acids is 1. The number of aliphatic carboxylic acids is 1. The Balaban J connectivity index is 2.82. The SMILES string of the molecule is CCOC(=O)C(Cc1cccc(OC)c1)C(=O)O. The molecule has 0 aliphatic rings. The van der Waals surface area contributed by atoms with Crippen LogP contribution in [0.4, 0.5) is 0 Å². The first kappa shape index (κ1) is 14.0. The van der Waals surface area contributed by atoms with Crippen molar-refractivity contribution in [3.63, 3.8) is 0 Å². The zero-order valence-electron chi connectivity index (χ0n) is 10.4. The molecule has 1 aromatic rings. The molecular weight excluding hydrogens is 236 g/mol. The van der Waals surface area contributed by atoms with Gasteiger partial charge in [-0.15, -0.1) is 0 Å². The zero-order valence-corrected chi connectivity index (χ0v) is 10.4. The summed E-state index contributed by atoms with van der Waals surface area (Å²) in [5, 5.41) is 9.03. The van der Waals surface area contributed by atoms with Crippen molar-refractivity contribution in [3.8, 4) is 5.75 Å². The van der Waals surface area contributed by atoms with Gasteiger partial charge in [0.1, 0.15) is 5.75 Å². The summed E-state index contributed by atoms with van der Waals surface area (Å²) in [7, 11) is 1.53. The van der Waals surface area contributed by atoms with E-state index in [1.165, 1.54) is 7.11 Å². The summed E-state index contributed by atoms with van der Waals surface area (Å²) >= 11 is 0. The molecule has 0 aromatic heterocycles. The van der Waals surface area contributed by atoms with Crippen LogP contribution in [0.25, 0.3) is 0 Å². The first-order valence-electron chi connectivity index (χ1n) is 5.60. The number of ether oxygens (including phenoxy) is 2. The Labute approximate surface area is 105 Å². The maximum atomic E-state index is 11.5. The molecule has 0 saturated carbocycles. The molecule has 5 nitrogen and oxygen atoms in total. The predicted octanol–water partition coefficient (Wildman–Crippen LogP) is 1.50. The van der Waals surface area contributed by atoms with E-state index in [9.17, 15) is 9.59 Å². The van der Waals surface area contributed by atoms with E-state index in [0.29, 0.717) is 5.75 Å². The highest BCUT2D eigenvalue weighted by Crippen LogP contribution is 2.17. The van der Waals surface area contributed by atoms with Crippen LogP contribution in [0.3, 0.4) is 0 Å². The van der Waals surface area contributed by atoms with Gasteiger partial charge in [-0.1, -0.05) is 12.1 Å². The number of benzene rings is 1. The highest BCUT2D eigenvalue weighted by atomic mass is 16.5. The number of rotatable bonds is 6. The van der Waals surface area contributed by atoms with Crippen molar-refractivity contribution in [2.75, 3.05) is 13.7 Å². The lowest BCUT2D eigenvalue weighted by Crippen LogP contribution is -2.27. The fourth-order valence-corrected chi connectivity index (χ4v) is 1.55. The zero-order chi connectivity index (χ0) is 13.5. The van der Waals surface area contributed by atoms with Crippen LogP contribution in [0, 0.1) is 5.92 Å². The van der Waals surface area contributed by atoms with Gasteiger partial charge >= 0.3 is 11.9 Å². The average Bonchev–Trinajstić information content (AvgIpc) is 2.36. The molecule has 18 heavy (non-hydrogen) atoms. The van der Waals surface area contributed by atoms with Gasteiger partial charge in [-0.05, 0) is 31.0 Å². The molecule has 0 spiro atoms. The minimum absolute atomic E-state index is 0.0887. The normalized spacial score (nSPS) is 11.7. The second kappa shape index (κ2) is 6.64. The van der Waals surface area contributed by atoms with E-state index in [0.717, 1.165) is 5.56 Å². The quantitative estimate of drug-likeness (QED) is 0.613. The second-order valence-corrected chi connectivity index (χ2v) is 3.70. The Morgan fingerprint density at radius 2 is 2.11 bits per heavy atom. The van der Waals surface area contributed by atoms with Crippen LogP contribution in [0.15, 0.2) is 24.3 Å². The van der Waals surface area contributed by atoms with Crippen LogP contribution in [-0.2, 0) is 20.7 Å². The molecular formula is C13H16O5. The fraction of sp³-hybridized carbons (Fsp3) is 0.385. The van der Waals surface area contributed by atoms with E-state index < -0.39 is 17.9 Å². The summed E-state index contributed by atoms with van der Waals surface area (Å²) in [4.78, 5) is 22.6. The van der Waals surface area contributed by atoms with E-state index in [-0.39, 0.29) is 13.0 Å². The van der Waals surface area contributed by atoms with Crippen molar-refractivity contribution >= 4 is 11.9 Å². The van der Waals surface area contributed by atoms with Gasteiger partial charge in [0.15, 0.2) is 5.92 Å². The number of carbonyl (C=O) groups excluding carboxylic acids is 1. The fourth-order valence-electron chi connectivity index (χ4n) is 1.55. The number of hydrogen-bond donors (Lipinski definition) is 1. The predicted molar refractivity (Wildman–Crippen MR) is 64.5 cm³/mol. The molecule has 1 atom stereocenters. The Hall–Kier alpha value is -2.04. The van der Waals surface area contributed by atoms with Crippen LogP contribution >= 0.6 is 0 Å². The molecule has 1 N–H and O–H groups in total. The topological polar surface area (TPSA) is 72.8 Å². The van der Waals surface area contributed by atoms with Crippen molar-refractivity contribution in [1.82, 2.24) is 0 Å². The standard InChI is InChI=1S/C13H16O5/c1-3-18-13(16)11(12(14)15)8-9-5-4-6-10(7-9)17-2/h4-7,11H,3,8H2,1-2H3,(H,14,15). The third-order valence-electron chi connectivity index (χ3n) is 2.44. The van der Waals surface area contributed by atoms with Gasteiger partial charge in [0.25, 0.3) is 0 Å². The summed E-state index contributed by atoms with van der Waals surface area (Å²) in [5.41, 5.74) is 0.717. The molecule has 1 aromatic carbocycles. The van der Waals surface area contributed by atoms with E-state index in [1.54, 1.807) is 31.2 Å². The highest BCUT2D eigenvalue weighted by molar-refractivity contribution is 5.94. The summed E-state index contributed by atoms with van der Waals surface area (Å²) in [6, 6.07) is 6.95. The number of hydrogen-bond acceptors (Lipinski definition) is 4. The lowest BCUT2D eigenvalue weighted by Gasteiger charge is -2.11. The van der Waals surface area contributed by atoms with E-state index in [2.05, 4.69) is 0 Å². The lowest BCUT2D eigenvalue weighted by atomic mass is 9.99. The Bertz CT molecular complexity index is 427. The Kier molecular flexibility index (Phi) is 5.17. The van der Waals surface area contributed by atoms with Crippen molar-refractivity contribution in [3.05, 3.63) is 29.8 Å². The van der Waals surface area contributed by atoms with Gasteiger partial charge in [0.05, 0.1) is 13.7 Å². The van der Waals surface area contributed by atoms with Gasteiger partial charge in [0, 0.05) is 0 Å². The van der Waals surface area contributed by atoms with Gasteiger partial charge in [-0.25, -0.2) is 0 Å². The molecule has 0 aliphatic heterocycles. The summed E-state index contributed by atoms with van der Waals surface area (Å²) in [6.07, 6.45) is 0.0887. The van der Waals surface area contributed by atoms with Crippen molar-refractivity contribution < 1.29 is 24.2 Å². The molecule has 0 fully saturated rings. The number of carboxylic acid groups (broad SMARTS) is 1. The molecule has 0 amide bonds. The lowest BCUT2D eigenvalue weighted by molar-refractivity contribution is -0.158. The van der Waals surface area contributed by atoms with Gasteiger partial charge < -0.3 is 14.6 Å². The molecule has 1 unspecified atom stereocenters. The van der Waals surface area contributed by atoms with Crippen molar-refractivity contribution in [1.29, 1.82) is 0 Å². The number of esters is 1. The van der Waals surface area contributed by atoms with Crippen LogP contribution < -0.4 is 4.74 Å². The number of methoxy groups -OCH3 is 1. The summed E-state index contributed by atoms with van der Waals surface area (Å²) in [6.45, 7) is 1.81. The molecule has 0 heterocycles. The van der Waals surface area contributed by atoms with Gasteiger partial charge in [-0.2, -0.15) is 0 Å². The van der Waals surface area contributed by atoms with Crippen molar-refractivity contribution in [2.24, 2.45) is 5.92 Å². The minimum atomic E-state index is -1.18. The minimum Gasteiger partial charge on any atom is -0.497 e. The van der Waals surface area contributed by atoms with Crippen molar-refractivity contribution in [2.45, 2.75) is 13.3 Å².